The van der Waals surface area contributed by atoms with E-state index in [1.54, 1.807) is 0 Å². The second-order valence-electron chi connectivity index (χ2n) is 5.06. The first kappa shape index (κ1) is 11.8. The van der Waals surface area contributed by atoms with Gasteiger partial charge < -0.3 is 9.84 Å². The molecule has 3 aromatic heterocycles. The van der Waals surface area contributed by atoms with Crippen LogP contribution in [-0.4, -0.2) is 15.1 Å². The van der Waals surface area contributed by atoms with Gasteiger partial charge in [-0.3, -0.25) is 0 Å². The van der Waals surface area contributed by atoms with Gasteiger partial charge in [0.2, 0.25) is 0 Å². The van der Waals surface area contributed by atoms with Gasteiger partial charge in [0.25, 0.3) is 5.71 Å². The van der Waals surface area contributed by atoms with Gasteiger partial charge in [-0.25, -0.2) is 4.98 Å². The second-order valence-corrected chi connectivity index (χ2v) is 6.06. The molecule has 0 fully saturated rings. The van der Waals surface area contributed by atoms with Crippen LogP contribution in [0.5, 0.6) is 0 Å². The number of nitrogens with one attached hydrogen (secondary N) is 1. The Balaban J connectivity index is 1.74. The van der Waals surface area contributed by atoms with Crippen molar-refractivity contribution < 1.29 is 4.52 Å². The third-order valence-corrected chi connectivity index (χ3v) is 4.80. The van der Waals surface area contributed by atoms with Crippen molar-refractivity contribution in [2.75, 3.05) is 5.32 Å². The van der Waals surface area contributed by atoms with E-state index in [1.807, 2.05) is 18.3 Å². The lowest BCUT2D eigenvalue weighted by atomic mass is 9.94. The van der Waals surface area contributed by atoms with Gasteiger partial charge in [0, 0.05) is 4.88 Å². The van der Waals surface area contributed by atoms with E-state index in [0.29, 0.717) is 11.8 Å². The Morgan fingerprint density at radius 3 is 3.30 bits per heavy atom. The fourth-order valence-electron chi connectivity index (χ4n) is 2.83. The van der Waals surface area contributed by atoms with Gasteiger partial charge in [-0.05, 0) is 43.2 Å². The molecule has 102 valence electrons. The number of hydrogen-bond acceptors (Lipinski definition) is 6. The number of aryl methyl sites for hydroxylation is 2. The van der Waals surface area contributed by atoms with Gasteiger partial charge in [-0.1, -0.05) is 5.16 Å². The molecule has 1 N–H and O–H groups in total. The van der Waals surface area contributed by atoms with E-state index in [9.17, 15) is 0 Å². The van der Waals surface area contributed by atoms with Crippen LogP contribution in [0.4, 0.5) is 5.82 Å². The molecular formula is C14H14N4OS. The van der Waals surface area contributed by atoms with Crippen LogP contribution < -0.4 is 5.32 Å². The molecule has 4 rings (SSSR count). The van der Waals surface area contributed by atoms with Crippen molar-refractivity contribution in [3.8, 4) is 0 Å². The zero-order valence-electron chi connectivity index (χ0n) is 11.1. The summed E-state index contributed by atoms with van der Waals surface area (Å²) in [5, 5.41) is 10.6. The lowest BCUT2D eigenvalue weighted by Crippen LogP contribution is -2.16. The second kappa shape index (κ2) is 4.56. The molecule has 1 atom stereocenters. The predicted octanol–water partition coefficient (Wildman–Crippen LogP) is 3.48. The molecule has 3 aromatic rings. The molecule has 0 amide bonds. The quantitative estimate of drug-likeness (QED) is 0.781. The molecule has 20 heavy (non-hydrogen) atoms. The minimum absolute atomic E-state index is 0.317. The highest BCUT2D eigenvalue weighted by Gasteiger charge is 2.23. The summed E-state index contributed by atoms with van der Waals surface area (Å²) in [5.41, 5.74) is 2.77. The molecule has 0 radical (unpaired) electrons. The first-order chi connectivity index (χ1) is 9.83. The molecule has 6 heteroatoms. The smallest absolute Gasteiger partial charge is 0.263 e. The third-order valence-electron chi connectivity index (χ3n) is 3.81. The highest BCUT2D eigenvalue weighted by atomic mass is 32.1. The van der Waals surface area contributed by atoms with Crippen LogP contribution in [0.25, 0.3) is 11.1 Å². The number of fused-ring (bicyclic) bond motifs is 2. The van der Waals surface area contributed by atoms with E-state index in [-0.39, 0.29) is 0 Å². The Bertz CT molecular complexity index is 763. The number of aromatic nitrogens is 3. The van der Waals surface area contributed by atoms with Crippen LogP contribution in [0.2, 0.25) is 0 Å². The van der Waals surface area contributed by atoms with Crippen molar-refractivity contribution >= 4 is 28.3 Å². The number of nitrogens with zero attached hydrogens (tertiary/aromatic N) is 3. The fourth-order valence-corrected chi connectivity index (χ4v) is 3.82. The van der Waals surface area contributed by atoms with Gasteiger partial charge in [0.15, 0.2) is 0 Å². The van der Waals surface area contributed by atoms with Gasteiger partial charge in [0.05, 0.1) is 11.7 Å². The van der Waals surface area contributed by atoms with Gasteiger partial charge in [-0.2, -0.15) is 4.98 Å². The summed E-state index contributed by atoms with van der Waals surface area (Å²) in [6, 6.07) is 2.53. The zero-order chi connectivity index (χ0) is 13.5. The largest absolute Gasteiger partial charge is 0.362 e. The Labute approximate surface area is 120 Å². The molecule has 1 unspecified atom stereocenters. The number of thiophene rings is 1. The summed E-state index contributed by atoms with van der Waals surface area (Å²) in [5.74, 6) is 0.817. The molecule has 5 nitrogen and oxygen atoms in total. The summed E-state index contributed by atoms with van der Waals surface area (Å²) in [6.45, 7) is 1.91. The average Bonchev–Trinajstić information content (AvgIpc) is 3.07. The standard InChI is InChI=1S/C14H14N4OS/c1-8-12-13(15-7-16-14(12)19-18-8)17-10-3-2-4-11-9(10)5-6-20-11/h5-7,10H,2-4H2,1H3,(H,15,16,17). The van der Waals surface area contributed by atoms with Crippen molar-refractivity contribution in [2.24, 2.45) is 0 Å². The van der Waals surface area contributed by atoms with Crippen molar-refractivity contribution in [3.63, 3.8) is 0 Å². The minimum atomic E-state index is 0.317. The highest BCUT2D eigenvalue weighted by Crippen LogP contribution is 2.36. The van der Waals surface area contributed by atoms with E-state index in [2.05, 4.69) is 31.9 Å². The maximum atomic E-state index is 5.19. The minimum Gasteiger partial charge on any atom is -0.362 e. The molecule has 0 saturated carbocycles. The van der Waals surface area contributed by atoms with Crippen molar-refractivity contribution in [3.05, 3.63) is 33.9 Å². The molecule has 1 aliphatic carbocycles. The SMILES string of the molecule is Cc1noc2ncnc(NC3CCCc4sccc43)c12. The van der Waals surface area contributed by atoms with Gasteiger partial charge in [-0.15, -0.1) is 11.3 Å². The molecular weight excluding hydrogens is 272 g/mol. The number of rotatable bonds is 2. The molecule has 0 saturated heterocycles. The Hall–Kier alpha value is -1.95. The number of anilines is 1. The summed E-state index contributed by atoms with van der Waals surface area (Å²) >= 11 is 1.84. The van der Waals surface area contributed by atoms with Crippen molar-refractivity contribution in [1.82, 2.24) is 15.1 Å². The predicted molar refractivity (Wildman–Crippen MR) is 78.0 cm³/mol. The Morgan fingerprint density at radius 1 is 1.40 bits per heavy atom. The first-order valence-corrected chi connectivity index (χ1v) is 7.60. The van der Waals surface area contributed by atoms with E-state index in [1.165, 1.54) is 29.6 Å². The molecule has 1 aliphatic rings. The Kier molecular flexibility index (Phi) is 2.70. The fraction of sp³-hybridized carbons (Fsp3) is 0.357. The Morgan fingerprint density at radius 2 is 2.35 bits per heavy atom. The molecule has 0 spiro atoms. The summed E-state index contributed by atoms with van der Waals surface area (Å²) in [6.07, 6.45) is 5.05. The van der Waals surface area contributed by atoms with Crippen LogP contribution in [0.3, 0.4) is 0 Å². The lowest BCUT2D eigenvalue weighted by Gasteiger charge is -2.24. The van der Waals surface area contributed by atoms with Crippen LogP contribution in [0.15, 0.2) is 22.3 Å². The first-order valence-electron chi connectivity index (χ1n) is 6.72. The molecule has 0 bridgehead atoms. The van der Waals surface area contributed by atoms with Gasteiger partial charge in [0.1, 0.15) is 17.5 Å². The number of hydrogen-bond donors (Lipinski definition) is 1. The van der Waals surface area contributed by atoms with Crippen molar-refractivity contribution in [2.45, 2.75) is 32.2 Å². The lowest BCUT2D eigenvalue weighted by molar-refractivity contribution is 0.442. The molecule has 0 aromatic carbocycles. The van der Waals surface area contributed by atoms with Crippen LogP contribution in [-0.2, 0) is 6.42 Å². The van der Waals surface area contributed by atoms with Gasteiger partial charge >= 0.3 is 0 Å². The normalized spacial score (nSPS) is 18.1. The van der Waals surface area contributed by atoms with E-state index >= 15 is 0 Å². The maximum Gasteiger partial charge on any atom is 0.263 e. The summed E-state index contributed by atoms with van der Waals surface area (Å²) in [4.78, 5) is 9.97. The van der Waals surface area contributed by atoms with E-state index in [4.69, 9.17) is 4.52 Å². The van der Waals surface area contributed by atoms with E-state index in [0.717, 1.165) is 23.3 Å². The molecule has 0 aliphatic heterocycles. The summed E-state index contributed by atoms with van der Waals surface area (Å²) < 4.78 is 5.19. The zero-order valence-corrected chi connectivity index (χ0v) is 11.9. The maximum absolute atomic E-state index is 5.19. The monoisotopic (exact) mass is 286 g/mol. The van der Waals surface area contributed by atoms with Crippen LogP contribution >= 0.6 is 11.3 Å². The summed E-state index contributed by atoms with van der Waals surface area (Å²) in [7, 11) is 0. The third kappa shape index (κ3) is 1.79. The highest BCUT2D eigenvalue weighted by molar-refractivity contribution is 7.10. The van der Waals surface area contributed by atoms with Crippen LogP contribution in [0.1, 0.15) is 35.0 Å². The average molecular weight is 286 g/mol. The van der Waals surface area contributed by atoms with Crippen LogP contribution in [0, 0.1) is 6.92 Å². The molecule has 3 heterocycles. The van der Waals surface area contributed by atoms with Crippen molar-refractivity contribution in [1.29, 1.82) is 0 Å². The topological polar surface area (TPSA) is 63.8 Å². The van der Waals surface area contributed by atoms with E-state index < -0.39 is 0 Å².